The van der Waals surface area contributed by atoms with Gasteiger partial charge >= 0.3 is 0 Å². The number of rotatable bonds is 4. The average molecular weight is 414 g/mol. The molecule has 154 valence electrons. The number of methoxy groups -OCH3 is 1. The van der Waals surface area contributed by atoms with Crippen molar-refractivity contribution in [1.29, 1.82) is 0 Å². The summed E-state index contributed by atoms with van der Waals surface area (Å²) in [4.78, 5) is 19.5. The van der Waals surface area contributed by atoms with Gasteiger partial charge in [-0.1, -0.05) is 23.7 Å². The molecule has 2 aromatic rings. The summed E-state index contributed by atoms with van der Waals surface area (Å²) in [6, 6.07) is 15.9. The first-order chi connectivity index (χ1) is 14.2. The van der Waals surface area contributed by atoms with Gasteiger partial charge in [0.1, 0.15) is 0 Å². The fourth-order valence-electron chi connectivity index (χ4n) is 4.21. The molecule has 2 aliphatic heterocycles. The zero-order chi connectivity index (χ0) is 20.2. The Kier molecular flexibility index (Phi) is 6.26. The quantitative estimate of drug-likeness (QED) is 0.761. The molecule has 2 saturated heterocycles. The van der Waals surface area contributed by atoms with Gasteiger partial charge in [0, 0.05) is 57.6 Å². The smallest absolute Gasteiger partial charge is 0.253 e. The van der Waals surface area contributed by atoms with Gasteiger partial charge < -0.3 is 19.4 Å². The first-order valence-corrected chi connectivity index (χ1v) is 10.7. The summed E-state index contributed by atoms with van der Waals surface area (Å²) in [6.45, 7) is 4.99. The molecule has 0 aromatic heterocycles. The second-order valence-electron chi connectivity index (χ2n) is 7.70. The van der Waals surface area contributed by atoms with Gasteiger partial charge in [0.2, 0.25) is 0 Å². The van der Waals surface area contributed by atoms with Crippen LogP contribution in [-0.4, -0.2) is 63.3 Å². The molecule has 29 heavy (non-hydrogen) atoms. The topological polar surface area (TPSA) is 36.0 Å². The van der Waals surface area contributed by atoms with Gasteiger partial charge in [0.05, 0.1) is 16.8 Å². The summed E-state index contributed by atoms with van der Waals surface area (Å²) in [5.74, 6) is 0.105. The molecule has 2 aliphatic rings. The van der Waals surface area contributed by atoms with Gasteiger partial charge in [-0.25, -0.2) is 0 Å². The number of anilines is 2. The maximum absolute atomic E-state index is 12.9. The summed E-state index contributed by atoms with van der Waals surface area (Å²) in [7, 11) is 1.79. The summed E-state index contributed by atoms with van der Waals surface area (Å²) < 4.78 is 5.45. The minimum absolute atomic E-state index is 0.105. The van der Waals surface area contributed by atoms with E-state index in [9.17, 15) is 4.79 Å². The Hall–Kier alpha value is -2.24. The number of carbonyl (C=O) groups excluding carboxylic acids is 1. The maximum atomic E-state index is 12.9. The summed E-state index contributed by atoms with van der Waals surface area (Å²) >= 11 is 6.31. The van der Waals surface area contributed by atoms with Gasteiger partial charge in [-0.05, 0) is 49.2 Å². The van der Waals surface area contributed by atoms with Crippen molar-refractivity contribution in [2.45, 2.75) is 18.9 Å². The van der Waals surface area contributed by atoms with Gasteiger partial charge in [0.15, 0.2) is 0 Å². The lowest BCUT2D eigenvalue weighted by Crippen LogP contribution is -2.48. The molecular weight excluding hydrogens is 386 g/mol. The standard InChI is InChI=1S/C23H28ClN3O2/c1-29-20-10-12-25(13-11-20)19-8-6-18(7-9-19)23(28)27-16-14-26(15-17-27)22-5-3-2-4-21(22)24/h2-9,20H,10-17H2,1H3. The van der Waals surface area contributed by atoms with Gasteiger partial charge in [-0.2, -0.15) is 0 Å². The normalized spacial score (nSPS) is 18.2. The van der Waals surface area contributed by atoms with Crippen LogP contribution < -0.4 is 9.80 Å². The second kappa shape index (κ2) is 9.06. The van der Waals surface area contributed by atoms with Crippen molar-refractivity contribution in [3.8, 4) is 0 Å². The van der Waals surface area contributed by atoms with Crippen molar-refractivity contribution < 1.29 is 9.53 Å². The number of hydrogen-bond acceptors (Lipinski definition) is 4. The fourth-order valence-corrected chi connectivity index (χ4v) is 4.46. The monoisotopic (exact) mass is 413 g/mol. The molecule has 2 aromatic carbocycles. The number of piperidine rings is 1. The molecule has 0 N–H and O–H groups in total. The van der Waals surface area contributed by atoms with E-state index in [1.54, 1.807) is 7.11 Å². The van der Waals surface area contributed by atoms with Crippen molar-refractivity contribution in [3.63, 3.8) is 0 Å². The number of piperazine rings is 1. The van der Waals surface area contributed by atoms with E-state index in [1.807, 2.05) is 41.3 Å². The molecule has 5 nitrogen and oxygen atoms in total. The Labute approximate surface area is 177 Å². The molecule has 0 aliphatic carbocycles. The minimum atomic E-state index is 0.105. The number of nitrogens with zero attached hydrogens (tertiary/aromatic N) is 3. The third-order valence-corrected chi connectivity index (χ3v) is 6.33. The van der Waals surface area contributed by atoms with Gasteiger partial charge in [-0.3, -0.25) is 4.79 Å². The molecule has 0 spiro atoms. The molecule has 1 amide bonds. The highest BCUT2D eigenvalue weighted by atomic mass is 35.5. The van der Waals surface area contributed by atoms with E-state index < -0.39 is 0 Å². The lowest BCUT2D eigenvalue weighted by atomic mass is 10.1. The Morgan fingerprint density at radius 2 is 1.55 bits per heavy atom. The van der Waals surface area contributed by atoms with E-state index in [2.05, 4.69) is 21.9 Å². The third kappa shape index (κ3) is 4.51. The second-order valence-corrected chi connectivity index (χ2v) is 8.11. The van der Waals surface area contributed by atoms with Gasteiger partial charge in [0.25, 0.3) is 5.91 Å². The highest BCUT2D eigenvalue weighted by Gasteiger charge is 2.24. The SMILES string of the molecule is COC1CCN(c2ccc(C(=O)N3CCN(c4ccccc4Cl)CC3)cc2)CC1. The Bertz CT molecular complexity index is 826. The van der Waals surface area contributed by atoms with Crippen molar-refractivity contribution in [1.82, 2.24) is 4.90 Å². The molecule has 0 atom stereocenters. The van der Waals surface area contributed by atoms with E-state index in [1.165, 1.54) is 5.69 Å². The van der Waals surface area contributed by atoms with E-state index in [4.69, 9.17) is 16.3 Å². The molecule has 0 bridgehead atoms. The zero-order valence-electron chi connectivity index (χ0n) is 16.9. The molecule has 2 heterocycles. The third-order valence-electron chi connectivity index (χ3n) is 6.01. The fraction of sp³-hybridized carbons (Fsp3) is 0.435. The molecule has 0 unspecified atom stereocenters. The summed E-state index contributed by atoms with van der Waals surface area (Å²) in [5.41, 5.74) is 2.98. The number of benzene rings is 2. The van der Waals surface area contributed by atoms with E-state index in [0.717, 1.165) is 55.3 Å². The highest BCUT2D eigenvalue weighted by Crippen LogP contribution is 2.27. The lowest BCUT2D eigenvalue weighted by Gasteiger charge is -2.36. The van der Waals surface area contributed by atoms with E-state index in [0.29, 0.717) is 19.2 Å². The number of para-hydroxylation sites is 1. The summed E-state index contributed by atoms with van der Waals surface area (Å²) in [6.07, 6.45) is 2.47. The summed E-state index contributed by atoms with van der Waals surface area (Å²) in [5, 5.41) is 0.761. The van der Waals surface area contributed by atoms with Crippen LogP contribution in [-0.2, 0) is 4.74 Å². The Balaban J connectivity index is 1.34. The first kappa shape index (κ1) is 20.0. The number of hydrogen-bond donors (Lipinski definition) is 0. The van der Waals surface area contributed by atoms with E-state index in [-0.39, 0.29) is 5.91 Å². The first-order valence-electron chi connectivity index (χ1n) is 10.3. The van der Waals surface area contributed by atoms with Crippen LogP contribution in [0.5, 0.6) is 0 Å². The molecule has 0 saturated carbocycles. The number of ether oxygens (including phenoxy) is 1. The number of amides is 1. The van der Waals surface area contributed by atoms with Crippen LogP contribution in [0.3, 0.4) is 0 Å². The highest BCUT2D eigenvalue weighted by molar-refractivity contribution is 6.33. The maximum Gasteiger partial charge on any atom is 0.253 e. The van der Waals surface area contributed by atoms with Crippen LogP contribution >= 0.6 is 11.6 Å². The van der Waals surface area contributed by atoms with Crippen LogP contribution in [0.1, 0.15) is 23.2 Å². The van der Waals surface area contributed by atoms with Crippen molar-refractivity contribution in [3.05, 3.63) is 59.1 Å². The average Bonchev–Trinajstić information content (AvgIpc) is 2.79. The lowest BCUT2D eigenvalue weighted by molar-refractivity contribution is 0.0747. The van der Waals surface area contributed by atoms with Gasteiger partial charge in [-0.15, -0.1) is 0 Å². The minimum Gasteiger partial charge on any atom is -0.381 e. The van der Waals surface area contributed by atoms with Crippen LogP contribution in [0.4, 0.5) is 11.4 Å². The molecular formula is C23H28ClN3O2. The van der Waals surface area contributed by atoms with Crippen molar-refractivity contribution in [2.24, 2.45) is 0 Å². The van der Waals surface area contributed by atoms with Crippen LogP contribution in [0.25, 0.3) is 0 Å². The zero-order valence-corrected chi connectivity index (χ0v) is 17.6. The largest absolute Gasteiger partial charge is 0.381 e. The van der Waals surface area contributed by atoms with Crippen molar-refractivity contribution in [2.75, 3.05) is 56.2 Å². The number of carbonyl (C=O) groups is 1. The predicted octanol–water partition coefficient (Wildman–Crippen LogP) is 3.92. The Morgan fingerprint density at radius 3 is 2.17 bits per heavy atom. The van der Waals surface area contributed by atoms with E-state index >= 15 is 0 Å². The molecule has 4 rings (SSSR count). The van der Waals surface area contributed by atoms with Crippen LogP contribution in [0.15, 0.2) is 48.5 Å². The molecule has 2 fully saturated rings. The van der Waals surface area contributed by atoms with Crippen molar-refractivity contribution >= 4 is 28.9 Å². The van der Waals surface area contributed by atoms with Crippen LogP contribution in [0.2, 0.25) is 5.02 Å². The predicted molar refractivity (Wildman–Crippen MR) is 118 cm³/mol. The number of halogens is 1. The molecule has 0 radical (unpaired) electrons. The molecule has 6 heteroatoms. The Morgan fingerprint density at radius 1 is 0.897 bits per heavy atom. The van der Waals surface area contributed by atoms with Crippen LogP contribution in [0, 0.1) is 0 Å².